The molecular weight excluding hydrogens is 396 g/mol. The van der Waals surface area contributed by atoms with Crippen LogP contribution in [0.4, 0.5) is 0 Å². The van der Waals surface area contributed by atoms with Gasteiger partial charge < -0.3 is 5.32 Å². The zero-order valence-electron chi connectivity index (χ0n) is 17.8. The summed E-state index contributed by atoms with van der Waals surface area (Å²) in [7, 11) is 0. The maximum absolute atomic E-state index is 13.0. The summed E-state index contributed by atoms with van der Waals surface area (Å²) in [4.78, 5) is 34.5. The van der Waals surface area contributed by atoms with Crippen LogP contribution in [0.3, 0.4) is 0 Å². The van der Waals surface area contributed by atoms with Crippen LogP contribution in [0.2, 0.25) is 0 Å². The Bertz CT molecular complexity index is 1060. The minimum atomic E-state index is -0.117. The summed E-state index contributed by atoms with van der Waals surface area (Å²) in [5, 5.41) is 4.14. The Balaban J connectivity index is 1.80. The van der Waals surface area contributed by atoms with Crippen LogP contribution in [0.15, 0.2) is 58.6 Å². The average Bonchev–Trinajstić information content (AvgIpc) is 2.73. The Hall–Kier alpha value is -2.67. The molecule has 2 aromatic heterocycles. The second-order valence-electron chi connectivity index (χ2n) is 8.07. The SMILES string of the molecule is CC(C)Cn1c(SCC(=O)N[C@H](c2ccccc2)C(C)C)nc2ncccc2c1=O. The van der Waals surface area contributed by atoms with Crippen LogP contribution in [-0.4, -0.2) is 26.2 Å². The molecule has 0 bridgehead atoms. The van der Waals surface area contributed by atoms with E-state index in [2.05, 4.69) is 29.1 Å². The first kappa shape index (κ1) is 22.0. The molecule has 2 heterocycles. The zero-order valence-corrected chi connectivity index (χ0v) is 18.6. The van der Waals surface area contributed by atoms with E-state index in [1.165, 1.54) is 11.8 Å². The Morgan fingerprint density at radius 1 is 1.10 bits per heavy atom. The largest absolute Gasteiger partial charge is 0.348 e. The molecule has 1 amide bonds. The fourth-order valence-electron chi connectivity index (χ4n) is 3.31. The van der Waals surface area contributed by atoms with Gasteiger partial charge in [0.2, 0.25) is 5.91 Å². The van der Waals surface area contributed by atoms with Crippen molar-refractivity contribution < 1.29 is 4.79 Å². The Morgan fingerprint density at radius 2 is 1.83 bits per heavy atom. The number of benzene rings is 1. The first-order chi connectivity index (χ1) is 14.4. The normalized spacial score (nSPS) is 12.5. The van der Waals surface area contributed by atoms with E-state index < -0.39 is 0 Å². The topological polar surface area (TPSA) is 76.9 Å². The van der Waals surface area contributed by atoms with Crippen molar-refractivity contribution in [2.45, 2.75) is 45.4 Å². The highest BCUT2D eigenvalue weighted by Crippen LogP contribution is 2.23. The summed E-state index contributed by atoms with van der Waals surface area (Å²) < 4.78 is 1.66. The lowest BCUT2D eigenvalue weighted by Gasteiger charge is -2.23. The predicted octanol–water partition coefficient (Wildman–Crippen LogP) is 4.05. The molecule has 0 aliphatic heterocycles. The molecule has 0 fully saturated rings. The summed E-state index contributed by atoms with van der Waals surface area (Å²) in [5.41, 5.74) is 1.37. The number of thioether (sulfide) groups is 1. The molecule has 7 heteroatoms. The van der Waals surface area contributed by atoms with Crippen LogP contribution in [-0.2, 0) is 11.3 Å². The summed E-state index contributed by atoms with van der Waals surface area (Å²) in [5.74, 6) is 0.617. The van der Waals surface area contributed by atoms with E-state index in [-0.39, 0.29) is 35.1 Å². The van der Waals surface area contributed by atoms with Crippen molar-refractivity contribution >= 4 is 28.7 Å². The Labute approximate surface area is 181 Å². The van der Waals surface area contributed by atoms with E-state index in [1.807, 2.05) is 44.2 Å². The van der Waals surface area contributed by atoms with Crippen LogP contribution >= 0.6 is 11.8 Å². The lowest BCUT2D eigenvalue weighted by Crippen LogP contribution is -2.33. The van der Waals surface area contributed by atoms with Crippen LogP contribution in [0.25, 0.3) is 11.0 Å². The van der Waals surface area contributed by atoms with Gasteiger partial charge in [0.1, 0.15) is 0 Å². The van der Waals surface area contributed by atoms with Crippen molar-refractivity contribution in [2.24, 2.45) is 11.8 Å². The third kappa shape index (κ3) is 5.27. The van der Waals surface area contributed by atoms with Crippen LogP contribution in [0.1, 0.15) is 39.3 Å². The predicted molar refractivity (Wildman–Crippen MR) is 122 cm³/mol. The molecule has 3 rings (SSSR count). The summed E-state index contributed by atoms with van der Waals surface area (Å²) in [6, 6.07) is 13.4. The molecule has 0 unspecified atom stereocenters. The van der Waals surface area contributed by atoms with E-state index in [4.69, 9.17) is 0 Å². The quantitative estimate of drug-likeness (QED) is 0.436. The number of fused-ring (bicyclic) bond motifs is 1. The van der Waals surface area contributed by atoms with Crippen molar-refractivity contribution in [1.29, 1.82) is 0 Å². The van der Waals surface area contributed by atoms with E-state index in [0.717, 1.165) is 5.56 Å². The highest BCUT2D eigenvalue weighted by atomic mass is 32.2. The van der Waals surface area contributed by atoms with Gasteiger partial charge in [0.15, 0.2) is 10.8 Å². The molecule has 0 aliphatic carbocycles. The second kappa shape index (κ2) is 9.89. The third-order valence-corrected chi connectivity index (χ3v) is 5.69. The fourth-order valence-corrected chi connectivity index (χ4v) is 4.12. The number of nitrogens with zero attached hydrogens (tertiary/aromatic N) is 3. The van der Waals surface area contributed by atoms with Gasteiger partial charge in [-0.15, -0.1) is 0 Å². The lowest BCUT2D eigenvalue weighted by atomic mass is 9.96. The van der Waals surface area contributed by atoms with Gasteiger partial charge >= 0.3 is 0 Å². The van der Waals surface area contributed by atoms with Crippen molar-refractivity contribution in [3.8, 4) is 0 Å². The molecule has 1 aromatic carbocycles. The molecule has 0 spiro atoms. The standard InChI is InChI=1S/C23H28N4O2S/c1-15(2)13-27-22(29)18-11-8-12-24-21(18)26-23(27)30-14-19(28)25-20(16(3)4)17-9-6-5-7-10-17/h5-12,15-16,20H,13-14H2,1-4H3,(H,25,28)/t20-/m0/s1. The average molecular weight is 425 g/mol. The summed E-state index contributed by atoms with van der Waals surface area (Å²) in [6.45, 7) is 8.81. The smallest absolute Gasteiger partial charge is 0.263 e. The number of carbonyl (C=O) groups excluding carboxylic acids is 1. The Morgan fingerprint density at radius 3 is 2.50 bits per heavy atom. The number of nitrogens with one attached hydrogen (secondary N) is 1. The van der Waals surface area contributed by atoms with Crippen LogP contribution in [0.5, 0.6) is 0 Å². The molecule has 1 N–H and O–H groups in total. The number of hydrogen-bond donors (Lipinski definition) is 1. The van der Waals surface area contributed by atoms with E-state index in [9.17, 15) is 9.59 Å². The van der Waals surface area contributed by atoms with Crippen molar-refractivity contribution in [2.75, 3.05) is 5.75 Å². The molecule has 30 heavy (non-hydrogen) atoms. The van der Waals surface area contributed by atoms with Crippen LogP contribution < -0.4 is 10.9 Å². The van der Waals surface area contributed by atoms with E-state index in [0.29, 0.717) is 22.7 Å². The highest BCUT2D eigenvalue weighted by Gasteiger charge is 2.19. The van der Waals surface area contributed by atoms with Gasteiger partial charge in [0, 0.05) is 12.7 Å². The molecule has 0 saturated heterocycles. The van der Waals surface area contributed by atoms with Gasteiger partial charge in [-0.05, 0) is 29.5 Å². The van der Waals surface area contributed by atoms with Crippen molar-refractivity contribution in [1.82, 2.24) is 19.9 Å². The molecule has 3 aromatic rings. The maximum atomic E-state index is 13.0. The summed E-state index contributed by atoms with van der Waals surface area (Å²) in [6.07, 6.45) is 1.62. The molecular formula is C23H28N4O2S. The molecule has 0 radical (unpaired) electrons. The van der Waals surface area contributed by atoms with Crippen molar-refractivity contribution in [3.63, 3.8) is 0 Å². The minimum absolute atomic E-state index is 0.0663. The molecule has 0 aliphatic rings. The van der Waals surface area contributed by atoms with Gasteiger partial charge in [-0.2, -0.15) is 0 Å². The van der Waals surface area contributed by atoms with Crippen LogP contribution in [0, 0.1) is 11.8 Å². The number of aromatic nitrogens is 3. The molecule has 6 nitrogen and oxygen atoms in total. The van der Waals surface area contributed by atoms with Gasteiger partial charge in [0.05, 0.1) is 17.2 Å². The van der Waals surface area contributed by atoms with Gasteiger partial charge in [-0.3, -0.25) is 14.2 Å². The highest BCUT2D eigenvalue weighted by molar-refractivity contribution is 7.99. The zero-order chi connectivity index (χ0) is 21.7. The number of pyridine rings is 1. The number of hydrogen-bond acceptors (Lipinski definition) is 5. The molecule has 1 atom stereocenters. The van der Waals surface area contributed by atoms with E-state index >= 15 is 0 Å². The van der Waals surface area contributed by atoms with Crippen molar-refractivity contribution in [3.05, 3.63) is 64.6 Å². The number of amides is 1. The van der Waals surface area contributed by atoms with Gasteiger partial charge in [-0.1, -0.05) is 69.8 Å². The van der Waals surface area contributed by atoms with E-state index in [1.54, 1.807) is 22.9 Å². The Kier molecular flexibility index (Phi) is 7.26. The number of rotatable bonds is 8. The van der Waals surface area contributed by atoms with Gasteiger partial charge in [0.25, 0.3) is 5.56 Å². The summed E-state index contributed by atoms with van der Waals surface area (Å²) >= 11 is 1.27. The fraction of sp³-hybridized carbons (Fsp3) is 0.391. The maximum Gasteiger partial charge on any atom is 0.263 e. The minimum Gasteiger partial charge on any atom is -0.348 e. The first-order valence-corrected chi connectivity index (χ1v) is 11.2. The monoisotopic (exact) mass is 424 g/mol. The molecule has 158 valence electrons. The third-order valence-electron chi connectivity index (χ3n) is 4.72. The first-order valence-electron chi connectivity index (χ1n) is 10.2. The number of carbonyl (C=O) groups is 1. The molecule has 0 saturated carbocycles. The second-order valence-corrected chi connectivity index (χ2v) is 9.01. The van der Waals surface area contributed by atoms with Gasteiger partial charge in [-0.25, -0.2) is 9.97 Å². The lowest BCUT2D eigenvalue weighted by molar-refractivity contribution is -0.119.